The molecule has 0 unspecified atom stereocenters. The second kappa shape index (κ2) is 4.42. The van der Waals surface area contributed by atoms with Crippen molar-refractivity contribution in [3.05, 3.63) is 83.5 Å². The first kappa shape index (κ1) is 11.1. The number of H-pyrrole nitrogens is 1. The Kier molecular flexibility index (Phi) is 2.46. The molecule has 0 aliphatic carbocycles. The van der Waals surface area contributed by atoms with E-state index < -0.39 is 0 Å². The standard InChI is InChI=1S/C18H13NO/c1-3-7-17-15(5-1)13-9-11-19-12-10-14(13)16-6-2-4-8-18(16)20-17/h1-12,19H. The van der Waals surface area contributed by atoms with Gasteiger partial charge in [0, 0.05) is 23.2 Å². The summed E-state index contributed by atoms with van der Waals surface area (Å²) in [6.45, 7) is 0. The van der Waals surface area contributed by atoms with Crippen LogP contribution in [0.5, 0.6) is 0 Å². The highest BCUT2D eigenvalue weighted by atomic mass is 16.3. The molecule has 0 radical (unpaired) electrons. The third kappa shape index (κ3) is 1.66. The number of benzene rings is 2. The second-order valence-electron chi connectivity index (χ2n) is 4.76. The van der Waals surface area contributed by atoms with Gasteiger partial charge in [-0.3, -0.25) is 0 Å². The van der Waals surface area contributed by atoms with Gasteiger partial charge in [-0.25, -0.2) is 0 Å². The molecule has 0 atom stereocenters. The van der Waals surface area contributed by atoms with Gasteiger partial charge in [0.15, 0.2) is 0 Å². The lowest BCUT2D eigenvalue weighted by atomic mass is 10.1. The van der Waals surface area contributed by atoms with Crippen LogP contribution in [0.2, 0.25) is 0 Å². The number of para-hydroxylation sites is 2. The van der Waals surface area contributed by atoms with Gasteiger partial charge in [-0.1, -0.05) is 36.4 Å². The molecule has 0 saturated carbocycles. The Labute approximate surface area is 115 Å². The molecule has 0 aromatic heterocycles. The van der Waals surface area contributed by atoms with Crippen molar-refractivity contribution in [2.45, 2.75) is 0 Å². The van der Waals surface area contributed by atoms with E-state index in [1.807, 2.05) is 48.8 Å². The van der Waals surface area contributed by atoms with Crippen LogP contribution in [0.15, 0.2) is 77.5 Å². The molecular weight excluding hydrogens is 246 g/mol. The molecular formula is C18H13NO. The van der Waals surface area contributed by atoms with Gasteiger partial charge in [0.1, 0.15) is 11.2 Å². The zero-order chi connectivity index (χ0) is 13.4. The zero-order valence-electron chi connectivity index (χ0n) is 10.8. The average molecular weight is 259 g/mol. The van der Waals surface area contributed by atoms with Gasteiger partial charge in [-0.15, -0.1) is 0 Å². The Hall–Kier alpha value is -2.74. The molecule has 2 nitrogen and oxygen atoms in total. The van der Waals surface area contributed by atoms with Crippen LogP contribution in [-0.2, 0) is 0 Å². The van der Waals surface area contributed by atoms with Crippen molar-refractivity contribution in [3.63, 3.8) is 0 Å². The Bertz CT molecular complexity index is 929. The molecule has 4 rings (SSSR count). The van der Waals surface area contributed by atoms with E-state index in [-0.39, 0.29) is 0 Å². The molecule has 0 amide bonds. The zero-order valence-corrected chi connectivity index (χ0v) is 10.8. The fraction of sp³-hybridized carbons (Fsp3) is 0. The number of nitrogens with one attached hydrogen (secondary N) is 1. The quantitative estimate of drug-likeness (QED) is 0.484. The first-order valence-electron chi connectivity index (χ1n) is 6.63. The van der Waals surface area contributed by atoms with E-state index in [4.69, 9.17) is 4.42 Å². The van der Waals surface area contributed by atoms with Crippen LogP contribution in [0, 0.1) is 10.4 Å². The van der Waals surface area contributed by atoms with Crippen LogP contribution in [0.4, 0.5) is 0 Å². The molecule has 20 heavy (non-hydrogen) atoms. The molecule has 2 heterocycles. The van der Waals surface area contributed by atoms with Crippen LogP contribution >= 0.6 is 0 Å². The Morgan fingerprint density at radius 1 is 0.600 bits per heavy atom. The third-order valence-electron chi connectivity index (χ3n) is 3.56. The van der Waals surface area contributed by atoms with Crippen molar-refractivity contribution in [2.75, 3.05) is 0 Å². The normalized spacial score (nSPS) is 11.0. The van der Waals surface area contributed by atoms with Crippen LogP contribution in [0.1, 0.15) is 0 Å². The molecule has 1 N–H and O–H groups in total. The summed E-state index contributed by atoms with van der Waals surface area (Å²) < 4.78 is 6.11. The fourth-order valence-corrected chi connectivity index (χ4v) is 2.64. The minimum absolute atomic E-state index is 0.893. The van der Waals surface area contributed by atoms with E-state index in [0.29, 0.717) is 0 Å². The van der Waals surface area contributed by atoms with Gasteiger partial charge in [0.2, 0.25) is 0 Å². The summed E-state index contributed by atoms with van der Waals surface area (Å²) in [6.07, 6.45) is 3.90. The lowest BCUT2D eigenvalue weighted by Crippen LogP contribution is -1.71. The maximum atomic E-state index is 6.11. The van der Waals surface area contributed by atoms with Crippen molar-refractivity contribution in [1.29, 1.82) is 0 Å². The predicted molar refractivity (Wildman–Crippen MR) is 81.0 cm³/mol. The molecule has 0 spiro atoms. The first-order valence-corrected chi connectivity index (χ1v) is 6.63. The van der Waals surface area contributed by atoms with Gasteiger partial charge in [0.05, 0.1) is 0 Å². The average Bonchev–Trinajstić information content (AvgIpc) is 2.79. The highest BCUT2D eigenvalue weighted by molar-refractivity contribution is 5.85. The van der Waals surface area contributed by atoms with Crippen LogP contribution in [0.25, 0.3) is 21.9 Å². The maximum Gasteiger partial charge on any atom is 0.135 e. The van der Waals surface area contributed by atoms with Gasteiger partial charge in [-0.2, -0.15) is 0 Å². The molecule has 2 heteroatoms. The number of aromatic nitrogens is 1. The predicted octanol–water partition coefficient (Wildman–Crippen LogP) is 4.76. The maximum absolute atomic E-state index is 6.11. The summed E-state index contributed by atoms with van der Waals surface area (Å²) in [5.74, 6) is 0. The van der Waals surface area contributed by atoms with Crippen molar-refractivity contribution < 1.29 is 4.42 Å². The van der Waals surface area contributed by atoms with E-state index >= 15 is 0 Å². The van der Waals surface area contributed by atoms with Crippen molar-refractivity contribution >= 4 is 21.9 Å². The third-order valence-corrected chi connectivity index (χ3v) is 3.56. The smallest absolute Gasteiger partial charge is 0.135 e. The lowest BCUT2D eigenvalue weighted by Gasteiger charge is -1.92. The Morgan fingerprint density at radius 3 is 1.65 bits per heavy atom. The van der Waals surface area contributed by atoms with E-state index in [2.05, 4.69) is 29.2 Å². The van der Waals surface area contributed by atoms with Crippen molar-refractivity contribution in [3.8, 4) is 0 Å². The van der Waals surface area contributed by atoms with E-state index in [1.54, 1.807) is 0 Å². The van der Waals surface area contributed by atoms with Gasteiger partial charge < -0.3 is 9.40 Å². The second-order valence-corrected chi connectivity index (χ2v) is 4.76. The number of hydrogen-bond acceptors (Lipinski definition) is 1. The Morgan fingerprint density at radius 2 is 1.10 bits per heavy atom. The van der Waals surface area contributed by atoms with Crippen LogP contribution in [-0.4, -0.2) is 4.98 Å². The van der Waals surface area contributed by atoms with Crippen molar-refractivity contribution in [2.24, 2.45) is 0 Å². The molecule has 96 valence electrons. The van der Waals surface area contributed by atoms with Gasteiger partial charge in [-0.05, 0) is 34.7 Å². The van der Waals surface area contributed by atoms with E-state index in [9.17, 15) is 0 Å². The number of fused-ring (bicyclic) bond motifs is 4. The number of aromatic amines is 1. The summed E-state index contributed by atoms with van der Waals surface area (Å²) in [7, 11) is 0. The minimum Gasteiger partial charge on any atom is -0.456 e. The molecule has 2 aromatic carbocycles. The summed E-state index contributed by atoms with van der Waals surface area (Å²) in [5.41, 5.74) is 1.79. The Balaban J connectivity index is 2.52. The fourth-order valence-electron chi connectivity index (χ4n) is 2.64. The largest absolute Gasteiger partial charge is 0.456 e. The SMILES string of the molecule is c1ccc2c3cc[nH]ccc=3c3ccccc3oc2c1. The highest BCUT2D eigenvalue weighted by Crippen LogP contribution is 2.22. The summed E-state index contributed by atoms with van der Waals surface area (Å²) >= 11 is 0. The molecule has 2 aliphatic rings. The van der Waals surface area contributed by atoms with E-state index in [1.165, 1.54) is 10.4 Å². The topological polar surface area (TPSA) is 28.9 Å². The van der Waals surface area contributed by atoms with Crippen molar-refractivity contribution in [1.82, 2.24) is 4.98 Å². The monoisotopic (exact) mass is 259 g/mol. The molecule has 2 aromatic rings. The van der Waals surface area contributed by atoms with E-state index in [0.717, 1.165) is 21.9 Å². The number of rotatable bonds is 0. The van der Waals surface area contributed by atoms with Crippen LogP contribution < -0.4 is 0 Å². The minimum atomic E-state index is 0.893. The van der Waals surface area contributed by atoms with Gasteiger partial charge >= 0.3 is 0 Å². The molecule has 0 saturated heterocycles. The number of hydrogen-bond donors (Lipinski definition) is 1. The highest BCUT2D eigenvalue weighted by Gasteiger charge is 2.01. The molecule has 2 aliphatic heterocycles. The molecule has 0 bridgehead atoms. The summed E-state index contributed by atoms with van der Waals surface area (Å²) in [5, 5.41) is 4.57. The van der Waals surface area contributed by atoms with Gasteiger partial charge in [0.25, 0.3) is 0 Å². The first-order chi connectivity index (χ1) is 9.93. The summed E-state index contributed by atoms with van der Waals surface area (Å²) in [6, 6.07) is 20.5. The summed E-state index contributed by atoms with van der Waals surface area (Å²) in [4.78, 5) is 3.14. The van der Waals surface area contributed by atoms with Crippen LogP contribution in [0.3, 0.4) is 0 Å². The lowest BCUT2D eigenvalue weighted by molar-refractivity contribution is 0.663. The molecule has 0 fully saturated rings.